The molecule has 2 aromatic rings. The number of nitrogens with one attached hydrogen (secondary N) is 2. The molecule has 3 rings (SSSR count). The summed E-state index contributed by atoms with van der Waals surface area (Å²) >= 11 is 0. The molecule has 2 N–H and O–H groups in total. The molecule has 1 aliphatic heterocycles. The topological polar surface area (TPSA) is 79.5 Å². The van der Waals surface area contributed by atoms with Crippen LogP contribution in [0.15, 0.2) is 30.7 Å². The summed E-state index contributed by atoms with van der Waals surface area (Å²) in [6.45, 7) is 2.26. The SMILES string of the molecule is CC(C(=O)Nc1ccc2c(c1)OC(F)(F)O2)N(C)Cc1cnc[nH]1. The Morgan fingerprint density at radius 2 is 2.17 bits per heavy atom. The van der Waals surface area contributed by atoms with E-state index in [-0.39, 0.29) is 17.4 Å². The summed E-state index contributed by atoms with van der Waals surface area (Å²) in [4.78, 5) is 21.0. The largest absolute Gasteiger partial charge is 0.586 e. The van der Waals surface area contributed by atoms with Gasteiger partial charge in [0.15, 0.2) is 11.5 Å². The van der Waals surface area contributed by atoms with Crippen LogP contribution >= 0.6 is 0 Å². The van der Waals surface area contributed by atoms with Crippen molar-refractivity contribution in [2.75, 3.05) is 12.4 Å². The number of hydrogen-bond acceptors (Lipinski definition) is 5. The molecular weight excluding hydrogens is 322 g/mol. The summed E-state index contributed by atoms with van der Waals surface area (Å²) in [5.41, 5.74) is 1.23. The smallest absolute Gasteiger partial charge is 0.395 e. The van der Waals surface area contributed by atoms with Crippen LogP contribution in [0.2, 0.25) is 0 Å². The zero-order valence-electron chi connectivity index (χ0n) is 13.0. The molecule has 1 unspecified atom stereocenters. The molecule has 0 fully saturated rings. The first-order valence-corrected chi connectivity index (χ1v) is 7.22. The first-order chi connectivity index (χ1) is 11.3. The Balaban J connectivity index is 1.62. The lowest BCUT2D eigenvalue weighted by Gasteiger charge is -2.23. The van der Waals surface area contributed by atoms with Crippen LogP contribution in [-0.4, -0.2) is 40.2 Å². The summed E-state index contributed by atoms with van der Waals surface area (Å²) in [5.74, 6) is -0.457. The minimum atomic E-state index is -3.68. The third-order valence-electron chi connectivity index (χ3n) is 3.68. The monoisotopic (exact) mass is 338 g/mol. The van der Waals surface area contributed by atoms with Gasteiger partial charge in [-0.05, 0) is 26.1 Å². The molecule has 1 aromatic carbocycles. The number of benzene rings is 1. The van der Waals surface area contributed by atoms with E-state index in [9.17, 15) is 13.6 Å². The fourth-order valence-electron chi connectivity index (χ4n) is 2.25. The molecule has 0 aliphatic carbocycles. The number of anilines is 1. The Kier molecular flexibility index (Phi) is 4.10. The summed E-state index contributed by atoms with van der Waals surface area (Å²) in [5, 5.41) is 2.67. The predicted octanol–water partition coefficient (Wildman–Crippen LogP) is 2.19. The lowest BCUT2D eigenvalue weighted by molar-refractivity contribution is -0.286. The summed E-state index contributed by atoms with van der Waals surface area (Å²) in [6.07, 6.45) is -0.433. The van der Waals surface area contributed by atoms with E-state index in [1.54, 1.807) is 26.5 Å². The summed E-state index contributed by atoms with van der Waals surface area (Å²) in [6, 6.07) is 3.66. The standard InChI is InChI=1S/C15H16F2N4O3/c1-9(21(2)7-11-6-18-8-19-11)14(22)20-10-3-4-12-13(5-10)24-15(16,17)23-12/h3-6,8-9H,7H2,1-2H3,(H,18,19)(H,20,22). The van der Waals surface area contributed by atoms with Crippen molar-refractivity contribution >= 4 is 11.6 Å². The minimum absolute atomic E-state index is 0.0672. The van der Waals surface area contributed by atoms with Gasteiger partial charge in [-0.25, -0.2) is 4.98 Å². The van der Waals surface area contributed by atoms with Crippen LogP contribution < -0.4 is 14.8 Å². The number of fused-ring (bicyclic) bond motifs is 1. The van der Waals surface area contributed by atoms with Crippen molar-refractivity contribution in [2.24, 2.45) is 0 Å². The number of alkyl halides is 2. The van der Waals surface area contributed by atoms with Gasteiger partial charge >= 0.3 is 6.29 Å². The molecule has 1 atom stereocenters. The van der Waals surface area contributed by atoms with Crippen LogP contribution in [0.1, 0.15) is 12.6 Å². The number of amides is 1. The van der Waals surface area contributed by atoms with E-state index in [1.165, 1.54) is 18.2 Å². The van der Waals surface area contributed by atoms with Gasteiger partial charge in [-0.2, -0.15) is 0 Å². The maximum Gasteiger partial charge on any atom is 0.586 e. The van der Waals surface area contributed by atoms with Crippen molar-refractivity contribution in [3.05, 3.63) is 36.4 Å². The molecule has 9 heteroatoms. The molecule has 7 nitrogen and oxygen atoms in total. The highest BCUT2D eigenvalue weighted by Gasteiger charge is 2.43. The maximum atomic E-state index is 13.0. The highest BCUT2D eigenvalue weighted by atomic mass is 19.3. The summed E-state index contributed by atoms with van der Waals surface area (Å²) in [7, 11) is 1.80. The normalized spacial score (nSPS) is 16.2. The Hall–Kier alpha value is -2.68. The number of imidazole rings is 1. The molecule has 0 radical (unpaired) electrons. The van der Waals surface area contributed by atoms with E-state index in [2.05, 4.69) is 24.8 Å². The van der Waals surface area contributed by atoms with E-state index in [0.717, 1.165) is 5.69 Å². The van der Waals surface area contributed by atoms with E-state index < -0.39 is 12.3 Å². The van der Waals surface area contributed by atoms with E-state index >= 15 is 0 Å². The van der Waals surface area contributed by atoms with Crippen molar-refractivity contribution in [3.8, 4) is 11.5 Å². The highest BCUT2D eigenvalue weighted by Crippen LogP contribution is 2.42. The van der Waals surface area contributed by atoms with Gasteiger partial charge in [-0.3, -0.25) is 9.69 Å². The number of nitrogens with zero attached hydrogens (tertiary/aromatic N) is 2. The van der Waals surface area contributed by atoms with Crippen LogP contribution in [0, 0.1) is 0 Å². The lowest BCUT2D eigenvalue weighted by Crippen LogP contribution is -2.39. The number of ether oxygens (including phenoxy) is 2. The average molecular weight is 338 g/mol. The predicted molar refractivity (Wildman–Crippen MR) is 80.8 cm³/mol. The lowest BCUT2D eigenvalue weighted by atomic mass is 10.2. The van der Waals surface area contributed by atoms with Crippen LogP contribution in [0.3, 0.4) is 0 Å². The number of likely N-dealkylation sites (N-methyl/N-ethyl adjacent to an activating group) is 1. The Bertz CT molecular complexity index is 736. The Morgan fingerprint density at radius 3 is 2.88 bits per heavy atom. The van der Waals surface area contributed by atoms with Gasteiger partial charge in [-0.15, -0.1) is 8.78 Å². The molecule has 1 aromatic heterocycles. The zero-order chi connectivity index (χ0) is 17.3. The second-order valence-corrected chi connectivity index (χ2v) is 5.49. The summed E-state index contributed by atoms with van der Waals surface area (Å²) < 4.78 is 34.7. The molecule has 2 heterocycles. The Morgan fingerprint density at radius 1 is 1.42 bits per heavy atom. The van der Waals surface area contributed by atoms with E-state index in [0.29, 0.717) is 12.2 Å². The van der Waals surface area contributed by atoms with Crippen molar-refractivity contribution in [1.82, 2.24) is 14.9 Å². The van der Waals surface area contributed by atoms with E-state index in [4.69, 9.17) is 0 Å². The fourth-order valence-corrected chi connectivity index (χ4v) is 2.25. The van der Waals surface area contributed by atoms with Crippen LogP contribution in [0.4, 0.5) is 14.5 Å². The second kappa shape index (κ2) is 6.08. The molecule has 0 saturated carbocycles. The van der Waals surface area contributed by atoms with Gasteiger partial charge in [0.1, 0.15) is 0 Å². The van der Waals surface area contributed by atoms with Gasteiger partial charge in [-0.1, -0.05) is 0 Å². The first kappa shape index (κ1) is 16.2. The van der Waals surface area contributed by atoms with Crippen molar-refractivity contribution in [3.63, 3.8) is 0 Å². The molecule has 0 saturated heterocycles. The second-order valence-electron chi connectivity index (χ2n) is 5.49. The molecule has 0 spiro atoms. The number of halogens is 2. The average Bonchev–Trinajstić information content (AvgIpc) is 3.11. The molecular formula is C15H16F2N4O3. The van der Waals surface area contributed by atoms with Gasteiger partial charge in [0.2, 0.25) is 5.91 Å². The molecule has 0 bridgehead atoms. The zero-order valence-corrected chi connectivity index (χ0v) is 13.0. The third kappa shape index (κ3) is 3.46. The highest BCUT2D eigenvalue weighted by molar-refractivity contribution is 5.94. The number of carbonyl (C=O) groups is 1. The van der Waals surface area contributed by atoms with Crippen LogP contribution in [0.25, 0.3) is 0 Å². The molecule has 1 amide bonds. The number of rotatable bonds is 5. The number of H-pyrrole nitrogens is 1. The molecule has 24 heavy (non-hydrogen) atoms. The van der Waals surface area contributed by atoms with Crippen LogP contribution in [0.5, 0.6) is 11.5 Å². The molecule has 1 aliphatic rings. The van der Waals surface area contributed by atoms with Crippen molar-refractivity contribution in [1.29, 1.82) is 0 Å². The number of carbonyl (C=O) groups excluding carboxylic acids is 1. The van der Waals surface area contributed by atoms with Gasteiger partial charge < -0.3 is 19.8 Å². The van der Waals surface area contributed by atoms with Gasteiger partial charge in [0, 0.05) is 30.2 Å². The van der Waals surface area contributed by atoms with Gasteiger partial charge in [0.25, 0.3) is 0 Å². The van der Waals surface area contributed by atoms with Crippen molar-refractivity contribution in [2.45, 2.75) is 25.8 Å². The third-order valence-corrected chi connectivity index (χ3v) is 3.68. The van der Waals surface area contributed by atoms with Gasteiger partial charge in [0.05, 0.1) is 12.4 Å². The minimum Gasteiger partial charge on any atom is -0.395 e. The fraction of sp³-hybridized carbons (Fsp3) is 0.333. The number of hydrogen-bond donors (Lipinski definition) is 2. The van der Waals surface area contributed by atoms with Crippen LogP contribution in [-0.2, 0) is 11.3 Å². The Labute approximate surface area is 136 Å². The maximum absolute atomic E-state index is 13.0. The first-order valence-electron chi connectivity index (χ1n) is 7.22. The number of aromatic nitrogens is 2. The van der Waals surface area contributed by atoms with E-state index in [1.807, 2.05) is 4.90 Å². The van der Waals surface area contributed by atoms with Crippen molar-refractivity contribution < 1.29 is 23.0 Å². The quantitative estimate of drug-likeness (QED) is 0.874. The molecule has 128 valence electrons. The number of aromatic amines is 1.